The van der Waals surface area contributed by atoms with Gasteiger partial charge in [0.05, 0.1) is 0 Å². The summed E-state index contributed by atoms with van der Waals surface area (Å²) in [5.74, 6) is -0.326. The topological polar surface area (TPSA) is 43.7 Å². The van der Waals surface area contributed by atoms with E-state index >= 15 is 0 Å². The molecule has 1 saturated heterocycles. The molecule has 0 saturated carbocycles. The molecule has 0 bridgehead atoms. The van der Waals surface area contributed by atoms with Gasteiger partial charge in [0.2, 0.25) is 0 Å². The number of nitrogens with zero attached hydrogens (tertiary/aromatic N) is 1. The van der Waals surface area contributed by atoms with E-state index in [1.54, 1.807) is 24.3 Å². The molecule has 3 nitrogen and oxygen atoms in total. The van der Waals surface area contributed by atoms with E-state index in [4.69, 9.17) is 0 Å². The average molecular weight is 329 g/mol. The summed E-state index contributed by atoms with van der Waals surface area (Å²) in [4.78, 5) is 2.10. The summed E-state index contributed by atoms with van der Waals surface area (Å²) in [6.07, 6.45) is 3.27. The van der Waals surface area contributed by atoms with Crippen molar-refractivity contribution in [1.82, 2.24) is 4.90 Å². The maximum absolute atomic E-state index is 13.4. The van der Waals surface area contributed by atoms with Gasteiger partial charge in [-0.25, -0.2) is 4.39 Å². The molecule has 0 aromatic heterocycles. The van der Waals surface area contributed by atoms with Crippen LogP contribution in [0.2, 0.25) is 0 Å². The zero-order valence-corrected chi connectivity index (χ0v) is 14.0. The Morgan fingerprint density at radius 2 is 1.54 bits per heavy atom. The van der Waals surface area contributed by atoms with Gasteiger partial charge >= 0.3 is 0 Å². The normalized spacial score (nSPS) is 19.6. The largest absolute Gasteiger partial charge is 0.508 e. The molecular formula is C20H24FNO2. The van der Waals surface area contributed by atoms with E-state index in [-0.39, 0.29) is 17.5 Å². The molecular weight excluding hydrogens is 305 g/mol. The number of hydrogen-bond acceptors (Lipinski definition) is 3. The Morgan fingerprint density at radius 1 is 0.958 bits per heavy atom. The van der Waals surface area contributed by atoms with Crippen molar-refractivity contribution in [3.8, 4) is 5.75 Å². The second kappa shape index (κ2) is 6.91. The van der Waals surface area contributed by atoms with Gasteiger partial charge in [0.15, 0.2) is 5.72 Å². The Morgan fingerprint density at radius 3 is 2.12 bits per heavy atom. The molecule has 2 atom stereocenters. The molecule has 1 aliphatic rings. The summed E-state index contributed by atoms with van der Waals surface area (Å²) in [5, 5.41) is 21.3. The van der Waals surface area contributed by atoms with Gasteiger partial charge in [0.25, 0.3) is 0 Å². The minimum absolute atomic E-state index is 0.203. The highest BCUT2D eigenvalue weighted by Gasteiger charge is 2.42. The summed E-state index contributed by atoms with van der Waals surface area (Å²) >= 11 is 0. The van der Waals surface area contributed by atoms with Crippen molar-refractivity contribution in [3.05, 3.63) is 65.5 Å². The number of hydrogen-bond donors (Lipinski definition) is 2. The van der Waals surface area contributed by atoms with Crippen molar-refractivity contribution in [2.24, 2.45) is 0 Å². The molecule has 2 aromatic carbocycles. The molecule has 4 heteroatoms. The van der Waals surface area contributed by atoms with E-state index < -0.39 is 5.72 Å². The van der Waals surface area contributed by atoms with Crippen LogP contribution in [-0.2, 0) is 5.72 Å². The lowest BCUT2D eigenvalue weighted by molar-refractivity contribution is -0.140. The summed E-state index contributed by atoms with van der Waals surface area (Å²) in [5.41, 5.74) is 0.432. The van der Waals surface area contributed by atoms with E-state index in [0.29, 0.717) is 5.56 Å². The van der Waals surface area contributed by atoms with Crippen LogP contribution in [0.15, 0.2) is 48.5 Å². The Balaban J connectivity index is 2.03. The Kier molecular flexibility index (Phi) is 4.88. The first-order valence-electron chi connectivity index (χ1n) is 8.54. The first-order valence-corrected chi connectivity index (χ1v) is 8.54. The van der Waals surface area contributed by atoms with Gasteiger partial charge in [-0.15, -0.1) is 0 Å². The van der Waals surface area contributed by atoms with Crippen molar-refractivity contribution in [2.75, 3.05) is 13.1 Å². The van der Waals surface area contributed by atoms with Gasteiger partial charge in [0, 0.05) is 19.0 Å². The number of piperidine rings is 1. The van der Waals surface area contributed by atoms with Crippen LogP contribution in [0.1, 0.15) is 43.2 Å². The molecule has 3 rings (SSSR count). The van der Waals surface area contributed by atoms with E-state index in [1.807, 2.05) is 19.1 Å². The number of phenols is 1. The predicted molar refractivity (Wildman–Crippen MR) is 92.2 cm³/mol. The summed E-state index contributed by atoms with van der Waals surface area (Å²) in [6, 6.07) is 13.1. The maximum atomic E-state index is 13.4. The lowest BCUT2D eigenvalue weighted by atomic mass is 9.82. The van der Waals surface area contributed by atoms with E-state index in [2.05, 4.69) is 4.90 Å². The third kappa shape index (κ3) is 3.17. The van der Waals surface area contributed by atoms with E-state index in [0.717, 1.165) is 31.5 Å². The zero-order valence-electron chi connectivity index (χ0n) is 14.0. The highest BCUT2D eigenvalue weighted by Crippen LogP contribution is 2.41. The van der Waals surface area contributed by atoms with Gasteiger partial charge in [-0.05, 0) is 48.2 Å². The van der Waals surface area contributed by atoms with E-state index in [1.165, 1.54) is 18.6 Å². The number of aromatic hydroxyl groups is 1. The molecule has 2 aromatic rings. The van der Waals surface area contributed by atoms with Crippen LogP contribution in [0.25, 0.3) is 0 Å². The van der Waals surface area contributed by atoms with Crippen LogP contribution in [-0.4, -0.2) is 28.2 Å². The maximum Gasteiger partial charge on any atom is 0.151 e. The standard InChI is InChI=1S/C20H24FNO2/c1-15(16-5-11-19(23)12-6-16)20(24,22-13-3-2-4-14-22)17-7-9-18(21)10-8-17/h5-12,15,23-24H,2-4,13-14H2,1H3. The van der Waals surface area contributed by atoms with Gasteiger partial charge < -0.3 is 10.2 Å². The molecule has 0 spiro atoms. The molecule has 1 heterocycles. The SMILES string of the molecule is CC(c1ccc(O)cc1)C(O)(c1ccc(F)cc1)N1CCCCC1. The Bertz CT molecular complexity index is 665. The number of rotatable bonds is 4. The smallest absolute Gasteiger partial charge is 0.151 e. The molecule has 2 N–H and O–H groups in total. The number of likely N-dealkylation sites (tertiary alicyclic amines) is 1. The minimum Gasteiger partial charge on any atom is -0.508 e. The highest BCUT2D eigenvalue weighted by molar-refractivity contribution is 5.33. The first kappa shape index (κ1) is 16.9. The Hall–Kier alpha value is -1.91. The van der Waals surface area contributed by atoms with Crippen molar-refractivity contribution in [2.45, 2.75) is 37.8 Å². The van der Waals surface area contributed by atoms with Gasteiger partial charge in [-0.1, -0.05) is 37.6 Å². The van der Waals surface area contributed by atoms with Gasteiger partial charge in [-0.3, -0.25) is 4.90 Å². The predicted octanol–water partition coefficient (Wildman–Crippen LogP) is 3.97. The number of phenolic OH excluding ortho intramolecular Hbond substituents is 1. The van der Waals surface area contributed by atoms with Crippen LogP contribution >= 0.6 is 0 Å². The highest BCUT2D eigenvalue weighted by atomic mass is 19.1. The monoisotopic (exact) mass is 329 g/mol. The number of benzene rings is 2. The Labute approximate surface area is 142 Å². The molecule has 2 unspecified atom stereocenters. The molecule has 1 aliphatic heterocycles. The fraction of sp³-hybridized carbons (Fsp3) is 0.400. The van der Waals surface area contributed by atoms with Crippen LogP contribution in [0.4, 0.5) is 4.39 Å². The number of halogens is 1. The molecule has 1 fully saturated rings. The second-order valence-electron chi connectivity index (χ2n) is 6.59. The zero-order chi connectivity index (χ0) is 17.2. The fourth-order valence-electron chi connectivity index (χ4n) is 3.63. The molecule has 0 aliphatic carbocycles. The van der Waals surface area contributed by atoms with Crippen LogP contribution < -0.4 is 0 Å². The van der Waals surface area contributed by atoms with Crippen LogP contribution in [0.3, 0.4) is 0 Å². The summed E-state index contributed by atoms with van der Waals surface area (Å²) in [6.45, 7) is 3.61. The van der Waals surface area contributed by atoms with Gasteiger partial charge in [0.1, 0.15) is 11.6 Å². The molecule has 128 valence electrons. The van der Waals surface area contributed by atoms with Crippen LogP contribution in [0, 0.1) is 5.82 Å². The third-order valence-electron chi connectivity index (χ3n) is 5.10. The van der Waals surface area contributed by atoms with Crippen LogP contribution in [0.5, 0.6) is 5.75 Å². The summed E-state index contributed by atoms with van der Waals surface area (Å²) in [7, 11) is 0. The number of aliphatic hydroxyl groups is 1. The summed E-state index contributed by atoms with van der Waals surface area (Å²) < 4.78 is 13.4. The molecule has 24 heavy (non-hydrogen) atoms. The van der Waals surface area contributed by atoms with E-state index in [9.17, 15) is 14.6 Å². The van der Waals surface area contributed by atoms with Crippen molar-refractivity contribution in [3.63, 3.8) is 0 Å². The van der Waals surface area contributed by atoms with Crippen molar-refractivity contribution < 1.29 is 14.6 Å². The molecule has 0 amide bonds. The third-order valence-corrected chi connectivity index (χ3v) is 5.10. The first-order chi connectivity index (χ1) is 11.5. The van der Waals surface area contributed by atoms with Gasteiger partial charge in [-0.2, -0.15) is 0 Å². The van der Waals surface area contributed by atoms with Crippen molar-refractivity contribution >= 4 is 0 Å². The second-order valence-corrected chi connectivity index (χ2v) is 6.59. The lowest BCUT2D eigenvalue weighted by Crippen LogP contribution is -2.51. The fourth-order valence-corrected chi connectivity index (χ4v) is 3.63. The van der Waals surface area contributed by atoms with Crippen molar-refractivity contribution in [1.29, 1.82) is 0 Å². The minimum atomic E-state index is -1.20. The average Bonchev–Trinajstić information content (AvgIpc) is 2.62. The lowest BCUT2D eigenvalue weighted by Gasteiger charge is -2.46. The quantitative estimate of drug-likeness (QED) is 0.892. The molecule has 0 radical (unpaired) electrons.